The number of carbonyl (C=O) groups is 1. The Morgan fingerprint density at radius 2 is 2.22 bits per heavy atom. The van der Waals surface area contributed by atoms with Crippen molar-refractivity contribution in [2.75, 3.05) is 0 Å². The van der Waals surface area contributed by atoms with Gasteiger partial charge in [0, 0.05) is 20.5 Å². The minimum atomic E-state index is -0.177. The summed E-state index contributed by atoms with van der Waals surface area (Å²) in [6.07, 6.45) is 0. The Balaban J connectivity index is 2.09. The van der Waals surface area contributed by atoms with E-state index in [1.165, 1.54) is 0 Å². The minimum absolute atomic E-state index is 0.139. The molecule has 1 heterocycles. The highest BCUT2D eigenvalue weighted by Crippen LogP contribution is 2.23. The molecule has 0 saturated heterocycles. The fourth-order valence-corrected chi connectivity index (χ4v) is 3.01. The average molecular weight is 326 g/mol. The fourth-order valence-electron chi connectivity index (χ4n) is 1.58. The number of rotatable bonds is 3. The SMILES string of the molecule is Cc1c(O)cccc1C(=O)NCc1sccc1Br. The van der Waals surface area contributed by atoms with Crippen molar-refractivity contribution in [2.45, 2.75) is 13.5 Å². The van der Waals surface area contributed by atoms with Gasteiger partial charge < -0.3 is 10.4 Å². The van der Waals surface area contributed by atoms with E-state index in [4.69, 9.17) is 0 Å². The second-order valence-corrected chi connectivity index (χ2v) is 5.68. The molecule has 0 bridgehead atoms. The summed E-state index contributed by atoms with van der Waals surface area (Å²) in [5.41, 5.74) is 1.10. The molecule has 3 nitrogen and oxygen atoms in total. The van der Waals surface area contributed by atoms with Crippen molar-refractivity contribution in [1.29, 1.82) is 0 Å². The lowest BCUT2D eigenvalue weighted by molar-refractivity contribution is 0.0950. The van der Waals surface area contributed by atoms with Crippen LogP contribution in [0.1, 0.15) is 20.8 Å². The molecule has 0 aliphatic rings. The van der Waals surface area contributed by atoms with Crippen LogP contribution in [0.2, 0.25) is 0 Å². The van der Waals surface area contributed by atoms with Crippen LogP contribution >= 0.6 is 27.3 Å². The molecule has 0 radical (unpaired) electrons. The monoisotopic (exact) mass is 325 g/mol. The number of hydrogen-bond acceptors (Lipinski definition) is 3. The third-order valence-electron chi connectivity index (χ3n) is 2.65. The van der Waals surface area contributed by atoms with E-state index in [1.807, 2.05) is 11.4 Å². The zero-order valence-electron chi connectivity index (χ0n) is 9.74. The summed E-state index contributed by atoms with van der Waals surface area (Å²) >= 11 is 5.00. The molecule has 2 aromatic rings. The van der Waals surface area contributed by atoms with Crippen LogP contribution in [0.15, 0.2) is 34.1 Å². The van der Waals surface area contributed by atoms with E-state index in [1.54, 1.807) is 36.5 Å². The lowest BCUT2D eigenvalue weighted by atomic mass is 10.1. The zero-order chi connectivity index (χ0) is 13.1. The summed E-state index contributed by atoms with van der Waals surface area (Å²) in [4.78, 5) is 13.1. The van der Waals surface area contributed by atoms with E-state index >= 15 is 0 Å². The number of thiophene rings is 1. The Labute approximate surface area is 118 Å². The van der Waals surface area contributed by atoms with Crippen molar-refractivity contribution < 1.29 is 9.90 Å². The van der Waals surface area contributed by atoms with Gasteiger partial charge >= 0.3 is 0 Å². The number of halogens is 1. The number of amides is 1. The number of phenolic OH excluding ortho intramolecular Hbond substituents is 1. The van der Waals surface area contributed by atoms with Crippen LogP contribution in [0, 0.1) is 6.92 Å². The largest absolute Gasteiger partial charge is 0.508 e. The highest BCUT2D eigenvalue weighted by Gasteiger charge is 2.11. The van der Waals surface area contributed by atoms with E-state index in [0.717, 1.165) is 9.35 Å². The lowest BCUT2D eigenvalue weighted by Crippen LogP contribution is -2.23. The van der Waals surface area contributed by atoms with Gasteiger partial charge in [0.1, 0.15) is 5.75 Å². The molecule has 0 atom stereocenters. The van der Waals surface area contributed by atoms with E-state index < -0.39 is 0 Å². The first-order chi connectivity index (χ1) is 8.59. The molecule has 0 aliphatic carbocycles. The van der Waals surface area contributed by atoms with E-state index in [0.29, 0.717) is 17.7 Å². The first-order valence-corrected chi connectivity index (χ1v) is 7.05. The lowest BCUT2D eigenvalue weighted by Gasteiger charge is -2.08. The number of phenols is 1. The van der Waals surface area contributed by atoms with E-state index in [-0.39, 0.29) is 11.7 Å². The van der Waals surface area contributed by atoms with Crippen LogP contribution < -0.4 is 5.32 Å². The highest BCUT2D eigenvalue weighted by atomic mass is 79.9. The van der Waals surface area contributed by atoms with Crippen molar-refractivity contribution >= 4 is 33.2 Å². The molecular weight excluding hydrogens is 314 g/mol. The summed E-state index contributed by atoms with van der Waals surface area (Å²) < 4.78 is 1.00. The van der Waals surface area contributed by atoms with Gasteiger partial charge in [-0.05, 0) is 46.4 Å². The zero-order valence-corrected chi connectivity index (χ0v) is 12.1. The normalized spacial score (nSPS) is 10.3. The molecular formula is C13H12BrNO2S. The summed E-state index contributed by atoms with van der Waals surface area (Å²) in [7, 11) is 0. The van der Waals surface area contributed by atoms with Crippen molar-refractivity contribution in [3.8, 4) is 5.75 Å². The van der Waals surface area contributed by atoms with Crippen LogP contribution in [0.5, 0.6) is 5.75 Å². The van der Waals surface area contributed by atoms with E-state index in [2.05, 4.69) is 21.2 Å². The Bertz CT molecular complexity index is 580. The van der Waals surface area contributed by atoms with Crippen LogP contribution in [-0.2, 0) is 6.54 Å². The van der Waals surface area contributed by atoms with Gasteiger partial charge in [0.2, 0.25) is 0 Å². The summed E-state index contributed by atoms with van der Waals surface area (Å²) in [6, 6.07) is 6.89. The molecule has 5 heteroatoms. The second kappa shape index (κ2) is 5.54. The summed E-state index contributed by atoms with van der Waals surface area (Å²) in [5, 5.41) is 14.4. The maximum atomic E-state index is 12.0. The fraction of sp³-hybridized carbons (Fsp3) is 0.154. The maximum absolute atomic E-state index is 12.0. The van der Waals surface area contributed by atoms with Gasteiger partial charge in [-0.2, -0.15) is 0 Å². The van der Waals surface area contributed by atoms with Crippen molar-refractivity contribution in [1.82, 2.24) is 5.32 Å². The van der Waals surface area contributed by atoms with Crippen LogP contribution in [-0.4, -0.2) is 11.0 Å². The Hall–Kier alpha value is -1.33. The Morgan fingerprint density at radius 3 is 2.89 bits per heavy atom. The Morgan fingerprint density at radius 1 is 1.44 bits per heavy atom. The summed E-state index contributed by atoms with van der Waals surface area (Å²) in [6.45, 7) is 2.21. The average Bonchev–Trinajstić information content (AvgIpc) is 2.75. The molecule has 0 unspecified atom stereocenters. The maximum Gasteiger partial charge on any atom is 0.251 e. The van der Waals surface area contributed by atoms with Crippen molar-refractivity contribution in [2.24, 2.45) is 0 Å². The predicted octanol–water partition coefficient (Wildman–Crippen LogP) is 3.45. The van der Waals surface area contributed by atoms with Crippen LogP contribution in [0.4, 0.5) is 0 Å². The molecule has 1 amide bonds. The third kappa shape index (κ3) is 2.73. The quantitative estimate of drug-likeness (QED) is 0.908. The number of benzene rings is 1. The smallest absolute Gasteiger partial charge is 0.251 e. The number of carbonyl (C=O) groups excluding carboxylic acids is 1. The standard InChI is InChI=1S/C13H12BrNO2S/c1-8-9(3-2-4-11(8)16)13(17)15-7-12-10(14)5-6-18-12/h2-6,16H,7H2,1H3,(H,15,17). The van der Waals surface area contributed by atoms with Crippen LogP contribution in [0.3, 0.4) is 0 Å². The summed E-state index contributed by atoms with van der Waals surface area (Å²) in [5.74, 6) is -0.0383. The van der Waals surface area contributed by atoms with Gasteiger partial charge in [-0.1, -0.05) is 6.07 Å². The van der Waals surface area contributed by atoms with Gasteiger partial charge in [0.25, 0.3) is 5.91 Å². The predicted molar refractivity (Wildman–Crippen MR) is 76.0 cm³/mol. The molecule has 1 aromatic heterocycles. The molecule has 0 fully saturated rings. The number of aromatic hydroxyl groups is 1. The molecule has 1 aromatic carbocycles. The Kier molecular flexibility index (Phi) is 4.04. The first-order valence-electron chi connectivity index (χ1n) is 5.38. The molecule has 0 saturated carbocycles. The van der Waals surface area contributed by atoms with E-state index in [9.17, 15) is 9.90 Å². The third-order valence-corrected chi connectivity index (χ3v) is 4.58. The van der Waals surface area contributed by atoms with Crippen LogP contribution in [0.25, 0.3) is 0 Å². The molecule has 0 spiro atoms. The van der Waals surface area contributed by atoms with Gasteiger partial charge in [0.15, 0.2) is 0 Å². The minimum Gasteiger partial charge on any atom is -0.508 e. The van der Waals surface area contributed by atoms with Crippen molar-refractivity contribution in [3.05, 3.63) is 50.1 Å². The highest BCUT2D eigenvalue weighted by molar-refractivity contribution is 9.10. The second-order valence-electron chi connectivity index (χ2n) is 3.82. The molecule has 94 valence electrons. The molecule has 18 heavy (non-hydrogen) atoms. The molecule has 2 N–H and O–H groups in total. The van der Waals surface area contributed by atoms with Gasteiger partial charge in [-0.3, -0.25) is 4.79 Å². The van der Waals surface area contributed by atoms with Crippen molar-refractivity contribution in [3.63, 3.8) is 0 Å². The van der Waals surface area contributed by atoms with Gasteiger partial charge in [-0.15, -0.1) is 11.3 Å². The first kappa shape index (κ1) is 13.1. The molecule has 0 aliphatic heterocycles. The van der Waals surface area contributed by atoms with Gasteiger partial charge in [-0.25, -0.2) is 0 Å². The topological polar surface area (TPSA) is 49.3 Å². The van der Waals surface area contributed by atoms with Gasteiger partial charge in [0.05, 0.1) is 6.54 Å². The number of hydrogen-bond donors (Lipinski definition) is 2. The number of nitrogens with one attached hydrogen (secondary N) is 1. The molecule has 2 rings (SSSR count).